The van der Waals surface area contributed by atoms with E-state index in [2.05, 4.69) is 46.0 Å². The summed E-state index contributed by atoms with van der Waals surface area (Å²) in [7, 11) is 0. The Balaban J connectivity index is 1.96. The number of nitrogens with one attached hydrogen (secondary N) is 1. The Kier molecular flexibility index (Phi) is 4.96. The van der Waals surface area contributed by atoms with Gasteiger partial charge in [0.05, 0.1) is 12.1 Å². The minimum absolute atomic E-state index is 0.356. The molecule has 2 unspecified atom stereocenters. The number of hydrogen-bond donors (Lipinski definition) is 1. The summed E-state index contributed by atoms with van der Waals surface area (Å²) in [5.74, 6) is 1.86. The van der Waals surface area contributed by atoms with E-state index < -0.39 is 0 Å². The van der Waals surface area contributed by atoms with Crippen LogP contribution in [0.3, 0.4) is 0 Å². The number of nitrogens with zero attached hydrogens (tertiary/aromatic N) is 1. The van der Waals surface area contributed by atoms with Crippen molar-refractivity contribution in [2.24, 2.45) is 10.9 Å². The van der Waals surface area contributed by atoms with Gasteiger partial charge in [-0.15, -0.1) is 11.3 Å². The molecular formula is C15H24N2S2. The number of aryl methyl sites for hydroxylation is 2. The molecule has 0 aromatic carbocycles. The second-order valence-corrected chi connectivity index (χ2v) is 8.23. The van der Waals surface area contributed by atoms with E-state index in [4.69, 9.17) is 4.99 Å². The van der Waals surface area contributed by atoms with Gasteiger partial charge >= 0.3 is 0 Å². The number of thiophene rings is 1. The van der Waals surface area contributed by atoms with Crippen LogP contribution in [0.5, 0.6) is 0 Å². The number of hydrogen-bond acceptors (Lipinski definition) is 4. The van der Waals surface area contributed by atoms with E-state index >= 15 is 0 Å². The lowest BCUT2D eigenvalue weighted by Gasteiger charge is -2.14. The number of rotatable bonds is 4. The van der Waals surface area contributed by atoms with Gasteiger partial charge in [0.25, 0.3) is 0 Å². The van der Waals surface area contributed by atoms with E-state index in [0.29, 0.717) is 12.1 Å². The third-order valence-corrected chi connectivity index (χ3v) is 5.37. The lowest BCUT2D eigenvalue weighted by Crippen LogP contribution is -2.23. The summed E-state index contributed by atoms with van der Waals surface area (Å²) in [6.45, 7) is 11.1. The monoisotopic (exact) mass is 296 g/mol. The quantitative estimate of drug-likeness (QED) is 0.882. The van der Waals surface area contributed by atoms with Crippen molar-refractivity contribution in [2.75, 3.05) is 5.75 Å². The second-order valence-electron chi connectivity index (χ2n) is 5.76. The Hall–Kier alpha value is -0.480. The number of aliphatic imine (C=N–C) groups is 1. The van der Waals surface area contributed by atoms with E-state index in [0.717, 1.165) is 16.8 Å². The first-order valence-corrected chi connectivity index (χ1v) is 8.80. The van der Waals surface area contributed by atoms with Crippen LogP contribution in [0.25, 0.3) is 0 Å². The second kappa shape index (κ2) is 6.31. The molecule has 1 aliphatic rings. The summed E-state index contributed by atoms with van der Waals surface area (Å²) in [4.78, 5) is 7.61. The van der Waals surface area contributed by atoms with Gasteiger partial charge in [-0.1, -0.05) is 25.6 Å². The Morgan fingerprint density at radius 1 is 1.37 bits per heavy atom. The van der Waals surface area contributed by atoms with Crippen LogP contribution in [0.15, 0.2) is 11.1 Å². The summed E-state index contributed by atoms with van der Waals surface area (Å²) in [5.41, 5.74) is 1.41. The van der Waals surface area contributed by atoms with E-state index in [1.165, 1.54) is 21.7 Å². The van der Waals surface area contributed by atoms with Crippen molar-refractivity contribution in [3.63, 3.8) is 0 Å². The van der Waals surface area contributed by atoms with Crippen LogP contribution in [0.1, 0.15) is 48.6 Å². The van der Waals surface area contributed by atoms with Gasteiger partial charge in [0.15, 0.2) is 5.17 Å². The molecule has 0 radical (unpaired) electrons. The highest BCUT2D eigenvalue weighted by molar-refractivity contribution is 8.14. The van der Waals surface area contributed by atoms with Gasteiger partial charge in [0, 0.05) is 15.5 Å². The molecular weight excluding hydrogens is 272 g/mol. The maximum Gasteiger partial charge on any atom is 0.157 e. The lowest BCUT2D eigenvalue weighted by atomic mass is 10.1. The SMILES string of the molecule is Cc1cc(C(C)NC2=NC(CC(C)C)CS2)c(C)s1. The summed E-state index contributed by atoms with van der Waals surface area (Å²) in [6.07, 6.45) is 1.20. The molecule has 2 atom stereocenters. The predicted octanol–water partition coefficient (Wildman–Crippen LogP) is 4.53. The molecule has 0 fully saturated rings. The highest BCUT2D eigenvalue weighted by Crippen LogP contribution is 2.28. The average molecular weight is 297 g/mol. The Morgan fingerprint density at radius 3 is 2.68 bits per heavy atom. The molecule has 0 aliphatic carbocycles. The van der Waals surface area contributed by atoms with E-state index in [9.17, 15) is 0 Å². The van der Waals surface area contributed by atoms with Crippen LogP contribution in [-0.4, -0.2) is 17.0 Å². The molecule has 4 heteroatoms. The third-order valence-electron chi connectivity index (χ3n) is 3.34. The number of thioether (sulfide) groups is 1. The van der Waals surface area contributed by atoms with Crippen molar-refractivity contribution in [2.45, 2.75) is 53.1 Å². The maximum atomic E-state index is 4.80. The van der Waals surface area contributed by atoms with Gasteiger partial charge in [-0.25, -0.2) is 0 Å². The smallest absolute Gasteiger partial charge is 0.157 e. The largest absolute Gasteiger partial charge is 0.358 e. The van der Waals surface area contributed by atoms with Gasteiger partial charge < -0.3 is 5.32 Å². The van der Waals surface area contributed by atoms with E-state index in [1.807, 2.05) is 23.1 Å². The van der Waals surface area contributed by atoms with Crippen molar-refractivity contribution >= 4 is 28.3 Å². The van der Waals surface area contributed by atoms with Gasteiger partial charge in [-0.2, -0.15) is 0 Å². The molecule has 0 amide bonds. The Morgan fingerprint density at radius 2 is 2.11 bits per heavy atom. The third kappa shape index (κ3) is 3.99. The van der Waals surface area contributed by atoms with E-state index in [1.54, 1.807) is 0 Å². The van der Waals surface area contributed by atoms with Crippen molar-refractivity contribution < 1.29 is 0 Å². The van der Waals surface area contributed by atoms with Crippen molar-refractivity contribution in [3.8, 4) is 0 Å². The molecule has 2 nitrogen and oxygen atoms in total. The highest BCUT2D eigenvalue weighted by atomic mass is 32.2. The molecule has 0 spiro atoms. The van der Waals surface area contributed by atoms with Crippen LogP contribution in [-0.2, 0) is 0 Å². The normalized spacial score (nSPS) is 20.7. The number of amidine groups is 1. The Labute approximate surface area is 125 Å². The fourth-order valence-corrected chi connectivity index (χ4v) is 4.57. The summed E-state index contributed by atoms with van der Waals surface area (Å²) >= 11 is 3.75. The molecule has 0 bridgehead atoms. The fraction of sp³-hybridized carbons (Fsp3) is 0.667. The zero-order valence-electron chi connectivity index (χ0n) is 12.5. The first kappa shape index (κ1) is 14.9. The molecule has 106 valence electrons. The topological polar surface area (TPSA) is 24.4 Å². The van der Waals surface area contributed by atoms with Gasteiger partial charge in [0.2, 0.25) is 0 Å². The van der Waals surface area contributed by atoms with Crippen LogP contribution >= 0.6 is 23.1 Å². The van der Waals surface area contributed by atoms with Crippen LogP contribution in [0.2, 0.25) is 0 Å². The summed E-state index contributed by atoms with van der Waals surface area (Å²) < 4.78 is 0. The molecule has 1 aliphatic heterocycles. The molecule has 2 rings (SSSR count). The van der Waals surface area contributed by atoms with E-state index in [-0.39, 0.29) is 0 Å². The molecule has 0 saturated heterocycles. The molecule has 0 saturated carbocycles. The zero-order chi connectivity index (χ0) is 14.0. The van der Waals surface area contributed by atoms with Crippen LogP contribution in [0.4, 0.5) is 0 Å². The van der Waals surface area contributed by atoms with Gasteiger partial charge in [-0.3, -0.25) is 4.99 Å². The molecule has 2 heterocycles. The van der Waals surface area contributed by atoms with Crippen LogP contribution < -0.4 is 5.32 Å². The first-order chi connectivity index (χ1) is 8.95. The minimum atomic E-state index is 0.356. The predicted molar refractivity (Wildman–Crippen MR) is 88.5 cm³/mol. The standard InChI is InChI=1S/C15H24N2S2/c1-9(2)6-13-8-18-15(17-13)16-11(4)14-7-10(3)19-12(14)5/h7,9,11,13H,6,8H2,1-5H3,(H,16,17). The lowest BCUT2D eigenvalue weighted by molar-refractivity contribution is 0.528. The molecule has 19 heavy (non-hydrogen) atoms. The van der Waals surface area contributed by atoms with Gasteiger partial charge in [-0.05, 0) is 44.7 Å². The van der Waals surface area contributed by atoms with Crippen molar-refractivity contribution in [3.05, 3.63) is 21.4 Å². The van der Waals surface area contributed by atoms with Gasteiger partial charge in [0.1, 0.15) is 0 Å². The van der Waals surface area contributed by atoms with Crippen LogP contribution in [0, 0.1) is 19.8 Å². The summed E-state index contributed by atoms with van der Waals surface area (Å²) in [6, 6.07) is 3.16. The highest BCUT2D eigenvalue weighted by Gasteiger charge is 2.21. The Bertz CT molecular complexity index is 463. The molecule has 1 aromatic heterocycles. The van der Waals surface area contributed by atoms with Crippen molar-refractivity contribution in [1.82, 2.24) is 5.32 Å². The fourth-order valence-electron chi connectivity index (χ4n) is 2.50. The summed E-state index contributed by atoms with van der Waals surface area (Å²) in [5, 5.41) is 4.70. The zero-order valence-corrected chi connectivity index (χ0v) is 14.1. The average Bonchev–Trinajstić information content (AvgIpc) is 2.84. The molecule has 1 aromatic rings. The van der Waals surface area contributed by atoms with Crippen molar-refractivity contribution in [1.29, 1.82) is 0 Å². The first-order valence-electron chi connectivity index (χ1n) is 6.99. The maximum absolute atomic E-state index is 4.80. The minimum Gasteiger partial charge on any atom is -0.358 e. The molecule has 1 N–H and O–H groups in total.